The van der Waals surface area contributed by atoms with Gasteiger partial charge in [-0.15, -0.1) is 5.10 Å². The average Bonchev–Trinajstić information content (AvgIpc) is 3.16. The molecule has 3 rings (SSSR count). The van der Waals surface area contributed by atoms with Crippen molar-refractivity contribution in [1.29, 1.82) is 0 Å². The Labute approximate surface area is 149 Å². The minimum atomic E-state index is -0.917. The highest BCUT2D eigenvalue weighted by Crippen LogP contribution is 2.31. The Kier molecular flexibility index (Phi) is 5.24. The van der Waals surface area contributed by atoms with E-state index in [2.05, 4.69) is 54.2 Å². The van der Waals surface area contributed by atoms with Gasteiger partial charge in [-0.1, -0.05) is 19.1 Å². The molecule has 0 spiro atoms. The molecule has 0 unspecified atom stereocenters. The van der Waals surface area contributed by atoms with Gasteiger partial charge >= 0.3 is 0 Å². The standard InChI is InChI=1S/C18H30N6O/c1-14(2)9-23-11-16(8-19-23)10-22-7-5-6-18(25,13-22)17-12-24(15(3)4)21-20-17/h8,11-12,14-15,25H,5-7,9-10,13H2,1-4H3/t18-/m0/s1. The van der Waals surface area contributed by atoms with Crippen molar-refractivity contribution in [1.82, 2.24) is 29.7 Å². The average molecular weight is 346 g/mol. The fraction of sp³-hybridized carbons (Fsp3) is 0.722. The first kappa shape index (κ1) is 18.1. The Morgan fingerprint density at radius 1 is 1.24 bits per heavy atom. The largest absolute Gasteiger partial charge is 0.382 e. The van der Waals surface area contributed by atoms with Crippen LogP contribution in [0.3, 0.4) is 0 Å². The van der Waals surface area contributed by atoms with Crippen LogP contribution in [0.25, 0.3) is 0 Å². The molecule has 3 heterocycles. The van der Waals surface area contributed by atoms with Crippen molar-refractivity contribution < 1.29 is 5.11 Å². The van der Waals surface area contributed by atoms with Gasteiger partial charge in [0.05, 0.1) is 12.4 Å². The topological polar surface area (TPSA) is 72.0 Å². The summed E-state index contributed by atoms with van der Waals surface area (Å²) in [6, 6.07) is 0.247. The molecule has 1 aliphatic rings. The minimum Gasteiger partial charge on any atom is -0.382 e. The van der Waals surface area contributed by atoms with E-state index < -0.39 is 5.60 Å². The van der Waals surface area contributed by atoms with E-state index in [0.717, 1.165) is 32.5 Å². The molecular formula is C18H30N6O. The number of piperidine rings is 1. The third-order valence-corrected chi connectivity index (χ3v) is 4.71. The van der Waals surface area contributed by atoms with Gasteiger partial charge in [-0.25, -0.2) is 4.68 Å². The zero-order chi connectivity index (χ0) is 18.0. The van der Waals surface area contributed by atoms with Crippen LogP contribution in [0.15, 0.2) is 18.6 Å². The molecule has 7 heteroatoms. The summed E-state index contributed by atoms with van der Waals surface area (Å²) in [5, 5.41) is 24.0. The normalized spacial score (nSPS) is 22.2. The van der Waals surface area contributed by atoms with Crippen LogP contribution in [0.2, 0.25) is 0 Å². The summed E-state index contributed by atoms with van der Waals surface area (Å²) in [5.74, 6) is 0.580. The quantitative estimate of drug-likeness (QED) is 0.868. The molecule has 0 radical (unpaired) electrons. The maximum atomic E-state index is 11.1. The fourth-order valence-corrected chi connectivity index (χ4v) is 3.43. The van der Waals surface area contributed by atoms with E-state index >= 15 is 0 Å². The van der Waals surface area contributed by atoms with Crippen LogP contribution in [-0.2, 0) is 18.7 Å². The van der Waals surface area contributed by atoms with E-state index in [1.54, 1.807) is 0 Å². The molecule has 0 aliphatic carbocycles. The Bertz CT molecular complexity index is 691. The highest BCUT2D eigenvalue weighted by molar-refractivity contribution is 5.11. The van der Waals surface area contributed by atoms with Crippen LogP contribution >= 0.6 is 0 Å². The summed E-state index contributed by atoms with van der Waals surface area (Å²) in [5.41, 5.74) is 0.955. The van der Waals surface area contributed by atoms with Crippen molar-refractivity contribution in [2.75, 3.05) is 13.1 Å². The lowest BCUT2D eigenvalue weighted by atomic mass is 9.90. The van der Waals surface area contributed by atoms with Gasteiger partial charge in [0.25, 0.3) is 0 Å². The molecule has 1 N–H and O–H groups in total. The summed E-state index contributed by atoms with van der Waals surface area (Å²) < 4.78 is 3.81. The third kappa shape index (κ3) is 4.27. The number of β-amino-alcohol motifs (C(OH)–C–C–N with tert-alkyl or cyclic N) is 1. The van der Waals surface area contributed by atoms with Gasteiger partial charge in [0.15, 0.2) is 0 Å². The lowest BCUT2D eigenvalue weighted by molar-refractivity contribution is -0.0414. The van der Waals surface area contributed by atoms with Crippen LogP contribution in [-0.4, -0.2) is 47.9 Å². The summed E-state index contributed by atoms with van der Waals surface area (Å²) >= 11 is 0. The molecule has 25 heavy (non-hydrogen) atoms. The third-order valence-electron chi connectivity index (χ3n) is 4.71. The first-order valence-corrected chi connectivity index (χ1v) is 9.24. The molecule has 138 valence electrons. The lowest BCUT2D eigenvalue weighted by Gasteiger charge is -2.37. The van der Waals surface area contributed by atoms with E-state index in [0.29, 0.717) is 18.2 Å². The van der Waals surface area contributed by atoms with Crippen molar-refractivity contribution >= 4 is 0 Å². The van der Waals surface area contributed by atoms with Gasteiger partial charge in [-0.3, -0.25) is 9.58 Å². The van der Waals surface area contributed by atoms with Gasteiger partial charge in [0.2, 0.25) is 0 Å². The molecule has 2 aromatic rings. The maximum absolute atomic E-state index is 11.1. The molecule has 0 saturated carbocycles. The van der Waals surface area contributed by atoms with Crippen molar-refractivity contribution in [2.45, 2.75) is 65.3 Å². The number of aromatic nitrogens is 5. The molecule has 1 atom stereocenters. The Morgan fingerprint density at radius 3 is 2.72 bits per heavy atom. The van der Waals surface area contributed by atoms with Gasteiger partial charge in [0.1, 0.15) is 11.3 Å². The molecule has 0 amide bonds. The minimum absolute atomic E-state index is 0.247. The monoisotopic (exact) mass is 346 g/mol. The van der Waals surface area contributed by atoms with Crippen LogP contribution in [0.1, 0.15) is 57.8 Å². The van der Waals surface area contributed by atoms with E-state index in [1.165, 1.54) is 5.56 Å². The van der Waals surface area contributed by atoms with E-state index in [1.807, 2.05) is 21.8 Å². The van der Waals surface area contributed by atoms with Crippen molar-refractivity contribution in [3.05, 3.63) is 29.8 Å². The molecule has 0 aromatic carbocycles. The number of aliphatic hydroxyl groups is 1. The maximum Gasteiger partial charge on any atom is 0.123 e. The fourth-order valence-electron chi connectivity index (χ4n) is 3.43. The van der Waals surface area contributed by atoms with Crippen LogP contribution < -0.4 is 0 Å². The van der Waals surface area contributed by atoms with Crippen molar-refractivity contribution in [3.63, 3.8) is 0 Å². The van der Waals surface area contributed by atoms with Crippen molar-refractivity contribution in [2.24, 2.45) is 5.92 Å². The molecule has 0 bridgehead atoms. The van der Waals surface area contributed by atoms with Crippen LogP contribution in [0, 0.1) is 5.92 Å². The van der Waals surface area contributed by atoms with E-state index in [4.69, 9.17) is 0 Å². The summed E-state index contributed by atoms with van der Waals surface area (Å²) in [4.78, 5) is 2.29. The Balaban J connectivity index is 1.66. The highest BCUT2D eigenvalue weighted by Gasteiger charge is 2.37. The van der Waals surface area contributed by atoms with Gasteiger partial charge in [-0.2, -0.15) is 5.10 Å². The summed E-state index contributed by atoms with van der Waals surface area (Å²) in [6.45, 7) is 11.8. The van der Waals surface area contributed by atoms with Crippen molar-refractivity contribution in [3.8, 4) is 0 Å². The predicted octanol–water partition coefficient (Wildman–Crippen LogP) is 2.20. The first-order chi connectivity index (χ1) is 11.9. The first-order valence-electron chi connectivity index (χ1n) is 9.24. The highest BCUT2D eigenvalue weighted by atomic mass is 16.3. The number of nitrogens with zero attached hydrogens (tertiary/aromatic N) is 6. The van der Waals surface area contributed by atoms with Crippen LogP contribution in [0.5, 0.6) is 0 Å². The lowest BCUT2D eigenvalue weighted by Crippen LogP contribution is -2.45. The predicted molar refractivity (Wildman–Crippen MR) is 95.9 cm³/mol. The zero-order valence-corrected chi connectivity index (χ0v) is 15.8. The Morgan fingerprint density at radius 2 is 2.04 bits per heavy atom. The number of rotatable bonds is 6. The Hall–Kier alpha value is -1.73. The SMILES string of the molecule is CC(C)Cn1cc(CN2CCC[C@@](O)(c3cn(C(C)C)nn3)C2)cn1. The van der Waals surface area contributed by atoms with Gasteiger partial charge < -0.3 is 5.11 Å². The van der Waals surface area contributed by atoms with Crippen LogP contribution in [0.4, 0.5) is 0 Å². The van der Waals surface area contributed by atoms with Gasteiger partial charge in [-0.05, 0) is 39.2 Å². The second-order valence-corrected chi connectivity index (χ2v) is 7.99. The van der Waals surface area contributed by atoms with Gasteiger partial charge in [0, 0.05) is 37.4 Å². The summed E-state index contributed by atoms with van der Waals surface area (Å²) in [7, 11) is 0. The smallest absolute Gasteiger partial charge is 0.123 e. The number of likely N-dealkylation sites (tertiary alicyclic amines) is 1. The molecule has 7 nitrogen and oxygen atoms in total. The molecule has 1 fully saturated rings. The summed E-state index contributed by atoms with van der Waals surface area (Å²) in [6.07, 6.45) is 7.61. The molecule has 2 aromatic heterocycles. The van der Waals surface area contributed by atoms with E-state index in [9.17, 15) is 5.11 Å². The zero-order valence-electron chi connectivity index (χ0n) is 15.8. The molecular weight excluding hydrogens is 316 g/mol. The second-order valence-electron chi connectivity index (χ2n) is 7.99. The number of hydrogen-bond acceptors (Lipinski definition) is 5. The molecule has 1 saturated heterocycles. The second kappa shape index (κ2) is 7.25. The number of hydrogen-bond donors (Lipinski definition) is 1. The van der Waals surface area contributed by atoms with E-state index in [-0.39, 0.29) is 6.04 Å². The molecule has 1 aliphatic heterocycles.